The Kier molecular flexibility index (Phi) is 4.72. The van der Waals surface area contributed by atoms with Gasteiger partial charge in [-0.05, 0) is 11.1 Å². The van der Waals surface area contributed by atoms with Crippen LogP contribution in [0.5, 0.6) is 0 Å². The number of carbonyl (C=O) groups is 2. The minimum Gasteiger partial charge on any atom is -0.479 e. The lowest BCUT2D eigenvalue weighted by Gasteiger charge is -2.28. The Bertz CT molecular complexity index is 610. The van der Waals surface area contributed by atoms with Gasteiger partial charge in [0.15, 0.2) is 6.04 Å². The molecule has 0 aliphatic rings. The first-order chi connectivity index (χ1) is 10.1. The van der Waals surface area contributed by atoms with Crippen molar-refractivity contribution in [2.24, 2.45) is 0 Å². The van der Waals surface area contributed by atoms with Gasteiger partial charge < -0.3 is 10.0 Å². The quantitative estimate of drug-likeness (QED) is 0.918. The number of amides is 1. The van der Waals surface area contributed by atoms with Crippen LogP contribution in [0.1, 0.15) is 24.1 Å². The fraction of sp³-hybridized carbons (Fsp3) is 0.176. The van der Waals surface area contributed by atoms with Crippen molar-refractivity contribution in [3.05, 3.63) is 71.8 Å². The summed E-state index contributed by atoms with van der Waals surface area (Å²) >= 11 is 0. The van der Waals surface area contributed by atoms with Crippen LogP contribution in [0.2, 0.25) is 0 Å². The van der Waals surface area contributed by atoms with E-state index in [1.54, 1.807) is 24.3 Å². The monoisotopic (exact) mass is 283 g/mol. The molecule has 1 amide bonds. The molecule has 0 saturated heterocycles. The predicted octanol–water partition coefficient (Wildman–Crippen LogP) is 2.86. The zero-order valence-corrected chi connectivity index (χ0v) is 11.8. The van der Waals surface area contributed by atoms with Crippen molar-refractivity contribution < 1.29 is 14.7 Å². The number of rotatable bonds is 5. The summed E-state index contributed by atoms with van der Waals surface area (Å²) in [5, 5.41) is 9.53. The number of nitrogens with zero attached hydrogens (tertiary/aromatic N) is 1. The van der Waals surface area contributed by atoms with Gasteiger partial charge in [-0.3, -0.25) is 4.79 Å². The van der Waals surface area contributed by atoms with Crippen molar-refractivity contribution in [3.8, 4) is 0 Å². The van der Waals surface area contributed by atoms with Gasteiger partial charge in [0.05, 0.1) is 0 Å². The van der Waals surface area contributed by atoms with Crippen LogP contribution in [0.15, 0.2) is 60.7 Å². The van der Waals surface area contributed by atoms with Crippen LogP contribution in [0.3, 0.4) is 0 Å². The van der Waals surface area contributed by atoms with Crippen LogP contribution < -0.4 is 0 Å². The van der Waals surface area contributed by atoms with E-state index in [4.69, 9.17) is 0 Å². The van der Waals surface area contributed by atoms with Gasteiger partial charge in [0.1, 0.15) is 0 Å². The van der Waals surface area contributed by atoms with Crippen LogP contribution in [0.4, 0.5) is 0 Å². The Balaban J connectivity index is 2.34. The molecule has 2 aromatic rings. The summed E-state index contributed by atoms with van der Waals surface area (Å²) in [4.78, 5) is 24.9. The topological polar surface area (TPSA) is 57.6 Å². The summed E-state index contributed by atoms with van der Waals surface area (Å²) in [5.74, 6) is -1.30. The normalized spacial score (nSPS) is 11.7. The maximum absolute atomic E-state index is 11.9. The summed E-state index contributed by atoms with van der Waals surface area (Å²) in [6.45, 7) is 1.66. The first-order valence-electron chi connectivity index (χ1n) is 6.68. The lowest BCUT2D eigenvalue weighted by molar-refractivity contribution is -0.150. The van der Waals surface area contributed by atoms with Crippen LogP contribution in [-0.4, -0.2) is 21.9 Å². The second-order valence-corrected chi connectivity index (χ2v) is 4.78. The van der Waals surface area contributed by atoms with Crippen LogP contribution in [0, 0.1) is 0 Å². The maximum atomic E-state index is 11.9. The second kappa shape index (κ2) is 6.70. The molecular formula is C17H17NO3. The van der Waals surface area contributed by atoms with E-state index in [9.17, 15) is 14.7 Å². The van der Waals surface area contributed by atoms with Gasteiger partial charge in [0.25, 0.3) is 0 Å². The lowest BCUT2D eigenvalue weighted by Crippen LogP contribution is -2.37. The standard InChI is InChI=1S/C17H17NO3/c1-13(19)18(12-14-8-4-2-5-9-14)16(17(20)21)15-10-6-3-7-11-15/h2-11,16H,12H2,1H3,(H,20,21). The molecule has 108 valence electrons. The largest absolute Gasteiger partial charge is 0.479 e. The summed E-state index contributed by atoms with van der Waals surface area (Å²) in [6.07, 6.45) is 0. The molecule has 0 aromatic heterocycles. The molecule has 0 aliphatic heterocycles. The minimum absolute atomic E-state index is 0.266. The van der Waals surface area contributed by atoms with Crippen LogP contribution in [0.25, 0.3) is 0 Å². The number of hydrogen-bond acceptors (Lipinski definition) is 2. The molecule has 1 N–H and O–H groups in total. The van der Waals surface area contributed by atoms with Gasteiger partial charge in [-0.25, -0.2) is 4.79 Å². The highest BCUT2D eigenvalue weighted by atomic mass is 16.4. The predicted molar refractivity (Wildman–Crippen MR) is 79.5 cm³/mol. The number of carboxylic acids is 1. The molecule has 0 aliphatic carbocycles. The molecule has 4 heteroatoms. The van der Waals surface area contributed by atoms with Crippen molar-refractivity contribution in [1.82, 2.24) is 4.90 Å². The zero-order valence-electron chi connectivity index (χ0n) is 11.8. The molecule has 0 bridgehead atoms. The van der Waals surface area contributed by atoms with Gasteiger partial charge in [0.2, 0.25) is 5.91 Å². The third-order valence-corrected chi connectivity index (χ3v) is 3.26. The maximum Gasteiger partial charge on any atom is 0.331 e. The summed E-state index contributed by atoms with van der Waals surface area (Å²) in [7, 11) is 0. The molecule has 0 fully saturated rings. The average Bonchev–Trinajstić information content (AvgIpc) is 2.48. The Hall–Kier alpha value is -2.62. The van der Waals surface area contributed by atoms with Crippen molar-refractivity contribution in [1.29, 1.82) is 0 Å². The first-order valence-corrected chi connectivity index (χ1v) is 6.68. The number of hydrogen-bond donors (Lipinski definition) is 1. The van der Waals surface area contributed by atoms with E-state index in [1.165, 1.54) is 11.8 Å². The van der Waals surface area contributed by atoms with Gasteiger partial charge in [-0.15, -0.1) is 0 Å². The molecule has 2 rings (SSSR count). The minimum atomic E-state index is -1.03. The fourth-order valence-electron chi connectivity index (χ4n) is 2.26. The smallest absolute Gasteiger partial charge is 0.331 e. The number of aliphatic carboxylic acids is 1. The number of carbonyl (C=O) groups excluding carboxylic acids is 1. The average molecular weight is 283 g/mol. The Morgan fingerprint density at radius 1 is 1.00 bits per heavy atom. The van der Waals surface area contributed by atoms with E-state index in [1.807, 2.05) is 36.4 Å². The molecule has 0 heterocycles. The van der Waals surface area contributed by atoms with Gasteiger partial charge in [-0.2, -0.15) is 0 Å². The highest BCUT2D eigenvalue weighted by Crippen LogP contribution is 2.23. The molecule has 0 saturated carbocycles. The molecular weight excluding hydrogens is 266 g/mol. The molecule has 0 spiro atoms. The summed E-state index contributed by atoms with van der Waals surface area (Å²) in [5.41, 5.74) is 1.49. The summed E-state index contributed by atoms with van der Waals surface area (Å²) < 4.78 is 0. The molecule has 1 atom stereocenters. The highest BCUT2D eigenvalue weighted by Gasteiger charge is 2.29. The SMILES string of the molecule is CC(=O)N(Cc1ccccc1)C(C(=O)O)c1ccccc1. The molecule has 21 heavy (non-hydrogen) atoms. The third-order valence-electron chi connectivity index (χ3n) is 3.26. The van der Waals surface area contributed by atoms with Crippen molar-refractivity contribution in [3.63, 3.8) is 0 Å². The van der Waals surface area contributed by atoms with E-state index in [0.29, 0.717) is 5.56 Å². The van der Waals surface area contributed by atoms with Gasteiger partial charge in [0, 0.05) is 13.5 Å². The van der Waals surface area contributed by atoms with E-state index < -0.39 is 12.0 Å². The van der Waals surface area contributed by atoms with E-state index in [0.717, 1.165) is 5.56 Å². The fourth-order valence-corrected chi connectivity index (χ4v) is 2.26. The highest BCUT2D eigenvalue weighted by molar-refractivity contribution is 5.83. The third kappa shape index (κ3) is 3.69. The van der Waals surface area contributed by atoms with E-state index in [2.05, 4.69) is 0 Å². The van der Waals surface area contributed by atoms with Crippen LogP contribution >= 0.6 is 0 Å². The van der Waals surface area contributed by atoms with Gasteiger partial charge in [-0.1, -0.05) is 60.7 Å². The number of carboxylic acid groups (broad SMARTS) is 1. The summed E-state index contributed by atoms with van der Waals surface area (Å²) in [6, 6.07) is 17.2. The second-order valence-electron chi connectivity index (χ2n) is 4.78. The number of benzene rings is 2. The molecule has 0 radical (unpaired) electrons. The Labute approximate surface area is 123 Å². The first kappa shape index (κ1) is 14.8. The van der Waals surface area contributed by atoms with Gasteiger partial charge >= 0.3 is 5.97 Å². The van der Waals surface area contributed by atoms with Crippen molar-refractivity contribution in [2.45, 2.75) is 19.5 Å². The lowest BCUT2D eigenvalue weighted by atomic mass is 10.0. The Morgan fingerprint density at radius 2 is 1.52 bits per heavy atom. The van der Waals surface area contributed by atoms with Crippen molar-refractivity contribution >= 4 is 11.9 Å². The van der Waals surface area contributed by atoms with E-state index in [-0.39, 0.29) is 12.5 Å². The van der Waals surface area contributed by atoms with Crippen LogP contribution in [-0.2, 0) is 16.1 Å². The van der Waals surface area contributed by atoms with Crippen molar-refractivity contribution in [2.75, 3.05) is 0 Å². The molecule has 1 unspecified atom stereocenters. The Morgan fingerprint density at radius 3 is 2.00 bits per heavy atom. The molecule has 2 aromatic carbocycles. The zero-order chi connectivity index (χ0) is 15.2. The molecule has 4 nitrogen and oxygen atoms in total. The van der Waals surface area contributed by atoms with E-state index >= 15 is 0 Å².